The lowest BCUT2D eigenvalue weighted by Crippen LogP contribution is -2.25. The van der Waals surface area contributed by atoms with Gasteiger partial charge in [0.05, 0.1) is 0 Å². The Morgan fingerprint density at radius 1 is 1.09 bits per heavy atom. The molecule has 3 rings (SSSR count). The summed E-state index contributed by atoms with van der Waals surface area (Å²) >= 11 is 0. The van der Waals surface area contributed by atoms with E-state index in [1.54, 1.807) is 28.8 Å². The van der Waals surface area contributed by atoms with Crippen molar-refractivity contribution >= 4 is 21.4 Å². The number of sulfonamides is 1. The Labute approximate surface area is 189 Å². The number of hydrogen-bond acceptors (Lipinski definition) is 4. The third-order valence-corrected chi connectivity index (χ3v) is 6.52. The van der Waals surface area contributed by atoms with E-state index in [9.17, 15) is 13.2 Å². The molecule has 0 unspecified atom stereocenters. The molecule has 32 heavy (non-hydrogen) atoms. The summed E-state index contributed by atoms with van der Waals surface area (Å²) in [5.41, 5.74) is 7.23. The maximum Gasteiger partial charge on any atom is 0.273 e. The van der Waals surface area contributed by atoms with Crippen LogP contribution in [0.2, 0.25) is 0 Å². The fraction of sp³-hybridized carbons (Fsp3) is 0.240. The van der Waals surface area contributed by atoms with Crippen molar-refractivity contribution in [3.05, 3.63) is 93.3 Å². The summed E-state index contributed by atoms with van der Waals surface area (Å²) in [6, 6.07) is 13.6. The van der Waals surface area contributed by atoms with Gasteiger partial charge in [0.1, 0.15) is 5.69 Å². The van der Waals surface area contributed by atoms with Crippen LogP contribution in [0.4, 0.5) is 11.4 Å². The number of aromatic nitrogens is 1. The van der Waals surface area contributed by atoms with Crippen molar-refractivity contribution in [2.24, 2.45) is 7.05 Å². The zero-order valence-electron chi connectivity index (χ0n) is 19.1. The molecular weight excluding hydrogens is 422 g/mol. The number of nitrogens with zero attached hydrogens (tertiary/aromatic N) is 2. The van der Waals surface area contributed by atoms with Gasteiger partial charge in [0.15, 0.2) is 0 Å². The molecule has 2 aromatic carbocycles. The van der Waals surface area contributed by atoms with Crippen molar-refractivity contribution in [1.29, 1.82) is 0 Å². The quantitative estimate of drug-likeness (QED) is 0.584. The van der Waals surface area contributed by atoms with Crippen LogP contribution >= 0.6 is 0 Å². The van der Waals surface area contributed by atoms with Crippen LogP contribution < -0.4 is 15.2 Å². The van der Waals surface area contributed by atoms with Gasteiger partial charge < -0.3 is 9.47 Å². The zero-order chi connectivity index (χ0) is 23.6. The van der Waals surface area contributed by atoms with Gasteiger partial charge in [-0.05, 0) is 66.3 Å². The van der Waals surface area contributed by atoms with Crippen LogP contribution in [-0.4, -0.2) is 27.1 Å². The minimum absolute atomic E-state index is 0.0986. The van der Waals surface area contributed by atoms with Crippen molar-refractivity contribution in [2.45, 2.75) is 20.3 Å². The fourth-order valence-electron chi connectivity index (χ4n) is 3.75. The van der Waals surface area contributed by atoms with Crippen LogP contribution in [-0.2, 0) is 23.5 Å². The Balaban J connectivity index is 2.23. The predicted molar refractivity (Wildman–Crippen MR) is 133 cm³/mol. The Morgan fingerprint density at radius 2 is 1.75 bits per heavy atom. The molecule has 0 fully saturated rings. The first-order valence-corrected chi connectivity index (χ1v) is 11.8. The van der Waals surface area contributed by atoms with Crippen LogP contribution in [0.3, 0.4) is 0 Å². The summed E-state index contributed by atoms with van der Waals surface area (Å²) in [5.74, 6) is 0. The number of aryl methyl sites for hydroxylation is 3. The smallest absolute Gasteiger partial charge is 0.273 e. The van der Waals surface area contributed by atoms with E-state index in [0.29, 0.717) is 17.8 Å². The van der Waals surface area contributed by atoms with E-state index < -0.39 is 10.0 Å². The Bertz CT molecular complexity index is 1320. The maximum atomic E-state index is 12.6. The molecule has 6 nitrogen and oxygen atoms in total. The number of pyridine rings is 1. The molecule has 0 radical (unpaired) electrons. The van der Waals surface area contributed by atoms with Crippen LogP contribution in [0.1, 0.15) is 22.3 Å². The van der Waals surface area contributed by atoms with E-state index in [4.69, 9.17) is 0 Å². The minimum Gasteiger partial charge on any atom is -0.373 e. The van der Waals surface area contributed by atoms with Crippen molar-refractivity contribution in [3.8, 4) is 11.1 Å². The molecule has 0 aliphatic rings. The van der Waals surface area contributed by atoms with E-state index in [1.807, 2.05) is 38.4 Å². The summed E-state index contributed by atoms with van der Waals surface area (Å²) in [5, 5.41) is 0.883. The maximum absolute atomic E-state index is 12.6. The lowest BCUT2D eigenvalue weighted by Gasteiger charge is -2.18. The average molecular weight is 452 g/mol. The average Bonchev–Trinajstić information content (AvgIpc) is 2.73. The van der Waals surface area contributed by atoms with Gasteiger partial charge in [-0.3, -0.25) is 9.52 Å². The first kappa shape index (κ1) is 23.3. The van der Waals surface area contributed by atoms with Gasteiger partial charge in [-0.1, -0.05) is 30.8 Å². The molecule has 0 bridgehead atoms. The Morgan fingerprint density at radius 3 is 2.34 bits per heavy atom. The number of anilines is 2. The molecular formula is C25H29N3O3S. The molecule has 3 aromatic rings. The third kappa shape index (κ3) is 4.94. The summed E-state index contributed by atoms with van der Waals surface area (Å²) in [6.07, 6.45) is 2.47. The summed E-state index contributed by atoms with van der Waals surface area (Å²) < 4.78 is 28.2. The number of hydrogen-bond donors (Lipinski definition) is 1. The normalized spacial score (nSPS) is 11.3. The van der Waals surface area contributed by atoms with Gasteiger partial charge >= 0.3 is 0 Å². The predicted octanol–water partition coefficient (Wildman–Crippen LogP) is 4.21. The summed E-state index contributed by atoms with van der Waals surface area (Å²) in [4.78, 5) is 14.4. The fourth-order valence-corrected chi connectivity index (χ4v) is 4.29. The lowest BCUT2D eigenvalue weighted by atomic mass is 9.91. The van der Waals surface area contributed by atoms with Gasteiger partial charge in [-0.2, -0.15) is 0 Å². The lowest BCUT2D eigenvalue weighted by molar-refractivity contribution is 0.609. The van der Waals surface area contributed by atoms with Crippen molar-refractivity contribution in [1.82, 2.24) is 4.57 Å². The zero-order valence-corrected chi connectivity index (χ0v) is 20.0. The molecule has 0 saturated carbocycles. The molecule has 168 valence electrons. The highest BCUT2D eigenvalue weighted by Gasteiger charge is 2.15. The van der Waals surface area contributed by atoms with E-state index in [0.717, 1.165) is 22.1 Å². The first-order valence-electron chi connectivity index (χ1n) is 10.2. The Hall–Kier alpha value is -3.32. The molecule has 0 aliphatic carbocycles. The second-order valence-electron chi connectivity index (χ2n) is 8.16. The van der Waals surface area contributed by atoms with Gasteiger partial charge in [-0.25, -0.2) is 8.42 Å². The number of rotatable bonds is 7. The van der Waals surface area contributed by atoms with E-state index in [-0.39, 0.29) is 5.56 Å². The van der Waals surface area contributed by atoms with E-state index in [1.165, 1.54) is 16.7 Å². The molecule has 0 atom stereocenters. The summed E-state index contributed by atoms with van der Waals surface area (Å²) in [6.45, 7) is 7.54. The summed E-state index contributed by atoms with van der Waals surface area (Å²) in [7, 11) is 1.73. The number of benzene rings is 2. The SMILES string of the molecule is C=CS(=O)(=O)Nc1ccc(Cc2c(C)cccc2C)c(-c2cc(N(C)C)c(=O)n(C)c2)c1. The van der Waals surface area contributed by atoms with Crippen molar-refractivity contribution < 1.29 is 8.42 Å². The third-order valence-electron chi connectivity index (χ3n) is 5.56. The van der Waals surface area contributed by atoms with Crippen molar-refractivity contribution in [2.75, 3.05) is 23.7 Å². The van der Waals surface area contributed by atoms with Gasteiger partial charge in [0.25, 0.3) is 15.6 Å². The highest BCUT2D eigenvalue weighted by Crippen LogP contribution is 2.31. The largest absolute Gasteiger partial charge is 0.373 e. The van der Waals surface area contributed by atoms with Gasteiger partial charge in [-0.15, -0.1) is 0 Å². The van der Waals surface area contributed by atoms with Gasteiger partial charge in [0, 0.05) is 44.0 Å². The Kier molecular flexibility index (Phi) is 6.60. The minimum atomic E-state index is -3.64. The van der Waals surface area contributed by atoms with Crippen LogP contribution in [0.15, 0.2) is 65.4 Å². The molecule has 0 aliphatic heterocycles. The molecule has 0 spiro atoms. The second-order valence-corrected chi connectivity index (χ2v) is 9.78. The molecule has 0 amide bonds. The molecule has 7 heteroatoms. The highest BCUT2D eigenvalue weighted by molar-refractivity contribution is 7.95. The topological polar surface area (TPSA) is 71.4 Å². The first-order chi connectivity index (χ1) is 15.0. The van der Waals surface area contributed by atoms with Gasteiger partial charge in [0.2, 0.25) is 0 Å². The van der Waals surface area contributed by atoms with E-state index in [2.05, 4.69) is 37.3 Å². The molecule has 1 N–H and O–H groups in total. The highest BCUT2D eigenvalue weighted by atomic mass is 32.2. The standard InChI is InChI=1S/C25H29N3O3S/c1-7-32(30,31)26-21-12-11-19(13-22-17(2)9-8-10-18(22)3)23(15-21)20-14-24(27(4)5)25(29)28(6)16-20/h7-12,14-16,26H,1,13H2,2-6H3. The molecule has 0 saturated heterocycles. The second kappa shape index (κ2) is 9.04. The molecule has 1 aromatic heterocycles. The number of nitrogens with one attached hydrogen (secondary N) is 1. The monoisotopic (exact) mass is 451 g/mol. The van der Waals surface area contributed by atoms with Crippen LogP contribution in [0.25, 0.3) is 11.1 Å². The molecule has 1 heterocycles. The van der Waals surface area contributed by atoms with Crippen LogP contribution in [0, 0.1) is 13.8 Å². The van der Waals surface area contributed by atoms with Crippen molar-refractivity contribution in [3.63, 3.8) is 0 Å². The van der Waals surface area contributed by atoms with Crippen LogP contribution in [0.5, 0.6) is 0 Å². The van der Waals surface area contributed by atoms with E-state index >= 15 is 0 Å².